The molecule has 1 radical (unpaired) electrons. The van der Waals surface area contributed by atoms with Gasteiger partial charge in [0, 0.05) is 0 Å². The summed E-state index contributed by atoms with van der Waals surface area (Å²) >= 11 is 0. The summed E-state index contributed by atoms with van der Waals surface area (Å²) in [7, 11) is 0. The molecule has 7 N–H and O–H groups in total. The minimum Gasteiger partial charge on any atom is -1.00 e. The molecule has 7 heteroatoms. The summed E-state index contributed by atoms with van der Waals surface area (Å²) in [4.78, 5) is 0. The second-order valence-corrected chi connectivity index (χ2v) is 2.22. The van der Waals surface area contributed by atoms with Gasteiger partial charge in [0.25, 0.3) is 0 Å². The maximum absolute atomic E-state index is 9.10. The van der Waals surface area contributed by atoms with Gasteiger partial charge in [-0.15, -0.1) is 0 Å². The second kappa shape index (κ2) is 17.3. The Labute approximate surface area is 135 Å². The molecular weight excluding hydrogens is 443 g/mol. The fourth-order valence-electron chi connectivity index (χ4n) is 0.736. The summed E-state index contributed by atoms with van der Waals surface area (Å²) in [6.45, 7) is 3.89. The van der Waals surface area contributed by atoms with E-state index in [1.165, 1.54) is 0 Å². The molecule has 1 aromatic carbocycles. The fourth-order valence-corrected chi connectivity index (χ4v) is 0.736. The average Bonchev–Trinajstić information content (AvgIpc) is 1.83. The van der Waals surface area contributed by atoms with E-state index >= 15 is 0 Å². The molecule has 0 aliphatic heterocycles. The number of benzene rings is 1. The molecule has 0 fully saturated rings. The Morgan fingerprint density at radius 1 is 1.00 bits per heavy atom. The zero-order chi connectivity index (χ0) is 6.85. The van der Waals surface area contributed by atoms with E-state index in [1.807, 2.05) is 26.0 Å². The molecule has 0 unspecified atom stereocenters. The van der Waals surface area contributed by atoms with Gasteiger partial charge in [0.1, 0.15) is 5.75 Å². The van der Waals surface area contributed by atoms with Crippen LogP contribution in [0.5, 0.6) is 5.75 Å². The first-order chi connectivity index (χ1) is 4.22. The van der Waals surface area contributed by atoms with Crippen molar-refractivity contribution in [2.24, 2.45) is 0 Å². The van der Waals surface area contributed by atoms with Crippen LogP contribution in [-0.2, 0) is 17.1 Å². The van der Waals surface area contributed by atoms with E-state index in [-0.39, 0.29) is 81.7 Å². The summed E-state index contributed by atoms with van der Waals surface area (Å²) < 4.78 is 0. The quantitative estimate of drug-likeness (QED) is 0.337. The summed E-state index contributed by atoms with van der Waals surface area (Å²) in [6.07, 6.45) is 0. The Morgan fingerprint density at radius 3 is 1.67 bits per heavy atom. The van der Waals surface area contributed by atoms with Crippen LogP contribution in [0.15, 0.2) is 18.2 Å². The van der Waals surface area contributed by atoms with Crippen molar-refractivity contribution < 1.29 is 74.5 Å². The average molecular weight is 460 g/mol. The second-order valence-electron chi connectivity index (χ2n) is 2.22. The van der Waals surface area contributed by atoms with Crippen molar-refractivity contribution in [2.45, 2.75) is 13.8 Å². The Kier molecular flexibility index (Phi) is 41.5. The summed E-state index contributed by atoms with van der Waals surface area (Å²) in [6, 6.07) is 5.52. The third-order valence-electron chi connectivity index (χ3n) is 1.58. The van der Waals surface area contributed by atoms with E-state index in [0.717, 1.165) is 11.1 Å². The Morgan fingerprint density at radius 2 is 1.40 bits per heavy atom. The van der Waals surface area contributed by atoms with Crippen molar-refractivity contribution in [2.75, 3.05) is 0 Å². The van der Waals surface area contributed by atoms with Crippen molar-refractivity contribution in [1.29, 1.82) is 0 Å². The predicted molar refractivity (Wildman–Crippen MR) is 48.7 cm³/mol. The topological polar surface area (TPSA) is 90.2 Å². The third-order valence-corrected chi connectivity index (χ3v) is 1.58. The van der Waals surface area contributed by atoms with E-state index < -0.39 is 0 Å². The molecule has 0 aliphatic carbocycles. The van der Waals surface area contributed by atoms with Gasteiger partial charge in [-0.3, -0.25) is 0 Å². The number of phenolic OH excluding ortho intramolecular Hbond substituents is 1. The maximum Gasteiger partial charge on any atom is 2.00 e. The molecule has 1 aromatic rings. The zero-order valence-corrected chi connectivity index (χ0v) is 14.2. The molecule has 1 rings (SSSR count). The van der Waals surface area contributed by atoms with E-state index in [1.54, 1.807) is 6.07 Å². The van der Waals surface area contributed by atoms with E-state index in [0.29, 0.717) is 5.75 Å². The van der Waals surface area contributed by atoms with Crippen molar-refractivity contribution in [1.82, 2.24) is 12.3 Å². The van der Waals surface area contributed by atoms with Crippen LogP contribution in [-0.4, -0.2) is 5.11 Å². The van der Waals surface area contributed by atoms with E-state index in [9.17, 15) is 0 Å². The molecular formula is C8H17Br3CuN2O. The molecule has 0 bridgehead atoms. The minimum absolute atomic E-state index is 0. The first kappa shape index (κ1) is 36.0. The van der Waals surface area contributed by atoms with Crippen LogP contribution in [0.2, 0.25) is 0 Å². The molecule has 15 heavy (non-hydrogen) atoms. The molecule has 0 saturated heterocycles. The molecule has 0 atom stereocenters. The first-order valence-corrected chi connectivity index (χ1v) is 2.97. The largest absolute Gasteiger partial charge is 2.00 e. The maximum atomic E-state index is 9.10. The smallest absolute Gasteiger partial charge is 1.00 e. The molecule has 0 aromatic heterocycles. The van der Waals surface area contributed by atoms with Gasteiger partial charge in [-0.05, 0) is 31.0 Å². The monoisotopic (exact) mass is 457 g/mol. The van der Waals surface area contributed by atoms with Crippen molar-refractivity contribution in [3.8, 4) is 5.75 Å². The van der Waals surface area contributed by atoms with Gasteiger partial charge >= 0.3 is 18.5 Å². The van der Waals surface area contributed by atoms with Gasteiger partial charge in [0.15, 0.2) is 0 Å². The van der Waals surface area contributed by atoms with Crippen LogP contribution in [0.3, 0.4) is 0 Å². The summed E-state index contributed by atoms with van der Waals surface area (Å²) in [5.74, 6) is 0.384. The molecule has 97 valence electrons. The minimum atomic E-state index is 0. The normalized spacial score (nSPS) is 5.73. The van der Waals surface area contributed by atoms with Crippen LogP contribution >= 0.6 is 0 Å². The number of aryl methyl sites for hydroxylation is 1. The standard InChI is InChI=1S/C8H10O.3BrH.Cu.2H3N/c1-6-4-3-5-8(9)7(6)2;;;;;;/h3-5,9H,1-2H3;3*1H;;2*1H3/q;;;;+2;;/p-2. The van der Waals surface area contributed by atoms with Crippen molar-refractivity contribution in [3.63, 3.8) is 0 Å². The number of aromatic hydroxyl groups is 1. The van der Waals surface area contributed by atoms with E-state index in [4.69, 9.17) is 5.11 Å². The molecule has 0 saturated carbocycles. The van der Waals surface area contributed by atoms with E-state index in [2.05, 4.69) is 0 Å². The van der Waals surface area contributed by atoms with Gasteiger partial charge < -0.3 is 68.4 Å². The van der Waals surface area contributed by atoms with Gasteiger partial charge in [0.2, 0.25) is 0 Å². The zero-order valence-electron chi connectivity index (χ0n) is 9.53. The van der Waals surface area contributed by atoms with Gasteiger partial charge in [0.05, 0.1) is 0 Å². The summed E-state index contributed by atoms with van der Waals surface area (Å²) in [5.41, 5.74) is 2.10. The Balaban J connectivity index is -0.0000000231. The van der Waals surface area contributed by atoms with Crippen LogP contribution in [0.25, 0.3) is 0 Å². The van der Waals surface area contributed by atoms with Crippen molar-refractivity contribution in [3.05, 3.63) is 29.3 Å². The number of phenols is 1. The van der Waals surface area contributed by atoms with Gasteiger partial charge in [-0.25, -0.2) is 0 Å². The van der Waals surface area contributed by atoms with Crippen LogP contribution < -0.4 is 63.2 Å². The molecule has 0 heterocycles. The van der Waals surface area contributed by atoms with Gasteiger partial charge in [-0.2, -0.15) is 0 Å². The van der Waals surface area contributed by atoms with Gasteiger partial charge in [-0.1, -0.05) is 12.1 Å². The Bertz CT molecular complexity index is 224. The Hall–Kier alpha value is 0.899. The number of hydrogen-bond acceptors (Lipinski definition) is 3. The fraction of sp³-hybridized carbons (Fsp3) is 0.250. The SMILES string of the molecule is Cc1cccc(O)c1C.N.N.[Br-].[Br-].[Br-].[Cu+2].[H+]. The van der Waals surface area contributed by atoms with Crippen LogP contribution in [0.4, 0.5) is 0 Å². The molecule has 0 amide bonds. The van der Waals surface area contributed by atoms with Crippen LogP contribution in [0.1, 0.15) is 12.6 Å². The predicted octanol–water partition coefficient (Wildman–Crippen LogP) is -6.54. The summed E-state index contributed by atoms with van der Waals surface area (Å²) in [5, 5.41) is 9.10. The first-order valence-electron chi connectivity index (χ1n) is 2.97. The number of halogens is 3. The van der Waals surface area contributed by atoms with Crippen LogP contribution in [0, 0.1) is 13.8 Å². The molecule has 3 nitrogen and oxygen atoms in total. The van der Waals surface area contributed by atoms with Crippen molar-refractivity contribution >= 4 is 0 Å². The molecule has 0 spiro atoms. The number of hydrogen-bond donors (Lipinski definition) is 3. The number of rotatable bonds is 0. The molecule has 0 aliphatic rings. The third kappa shape index (κ3) is 11.2.